The van der Waals surface area contributed by atoms with Crippen LogP contribution in [0, 0.1) is 17.3 Å². The number of hydrogen-bond acceptors (Lipinski definition) is 2. The van der Waals surface area contributed by atoms with Crippen molar-refractivity contribution in [2.45, 2.75) is 39.5 Å². The quantitative estimate of drug-likeness (QED) is 0.457. The molecular weight excluding hydrogens is 260 g/mol. The van der Waals surface area contributed by atoms with Crippen LogP contribution in [0.25, 0.3) is 0 Å². The Balaban J connectivity index is 2.64. The lowest BCUT2D eigenvalue weighted by Gasteiger charge is -2.15. The van der Waals surface area contributed by atoms with Crippen LogP contribution in [0.2, 0.25) is 0 Å². The number of rotatable bonds is 5. The van der Waals surface area contributed by atoms with E-state index in [0.717, 1.165) is 12.8 Å². The monoisotopic (exact) mass is 284 g/mol. The Hall–Kier alpha value is -2.01. The van der Waals surface area contributed by atoms with E-state index < -0.39 is 5.41 Å². The van der Waals surface area contributed by atoms with E-state index in [9.17, 15) is 4.79 Å². The molecule has 2 heteroatoms. The molecule has 0 spiro atoms. The van der Waals surface area contributed by atoms with Gasteiger partial charge < -0.3 is 4.74 Å². The number of hydrogen-bond donors (Lipinski definition) is 0. The maximum atomic E-state index is 11.6. The fourth-order valence-electron chi connectivity index (χ4n) is 1.78. The molecule has 112 valence electrons. The minimum atomic E-state index is -0.483. The second-order valence-electron chi connectivity index (χ2n) is 5.98. The number of carbonyl (C=O) groups excluding carboxylic acids is 1. The van der Waals surface area contributed by atoms with Crippen LogP contribution in [0.3, 0.4) is 0 Å². The van der Waals surface area contributed by atoms with Crippen LogP contribution in [0.15, 0.2) is 43.0 Å². The van der Waals surface area contributed by atoms with Gasteiger partial charge in [-0.1, -0.05) is 48.2 Å². The first-order valence-corrected chi connectivity index (χ1v) is 7.26. The third kappa shape index (κ3) is 6.31. The number of esters is 1. The van der Waals surface area contributed by atoms with Crippen LogP contribution in [-0.2, 0) is 9.53 Å². The Kier molecular flexibility index (Phi) is 6.75. The zero-order valence-corrected chi connectivity index (χ0v) is 13.2. The summed E-state index contributed by atoms with van der Waals surface area (Å²) >= 11 is 0. The van der Waals surface area contributed by atoms with E-state index in [-0.39, 0.29) is 18.5 Å². The van der Waals surface area contributed by atoms with Gasteiger partial charge in [-0.25, -0.2) is 0 Å². The second-order valence-corrected chi connectivity index (χ2v) is 5.98. The summed E-state index contributed by atoms with van der Waals surface area (Å²) in [6.45, 7) is 9.40. The Morgan fingerprint density at radius 3 is 2.57 bits per heavy atom. The standard InChI is InChI=1S/C19H24O2/c1-5-6-11-16(17-12-8-7-9-13-17)14-10-15-21-18(20)19(2,3)4/h5,7-9,12-13,16H,1,6,11,15H2,2-4H3. The molecule has 1 aromatic rings. The van der Waals surface area contributed by atoms with Crippen molar-refractivity contribution in [3.63, 3.8) is 0 Å². The van der Waals surface area contributed by atoms with Gasteiger partial charge in [-0.15, -0.1) is 6.58 Å². The van der Waals surface area contributed by atoms with E-state index in [1.54, 1.807) is 0 Å². The van der Waals surface area contributed by atoms with Gasteiger partial charge >= 0.3 is 5.97 Å². The smallest absolute Gasteiger partial charge is 0.312 e. The van der Waals surface area contributed by atoms with Crippen LogP contribution < -0.4 is 0 Å². The Labute approximate surface area is 128 Å². The SMILES string of the molecule is C=CCCC(C#CCOC(=O)C(C)(C)C)c1ccccc1. The lowest BCUT2D eigenvalue weighted by Crippen LogP contribution is -2.23. The van der Waals surface area contributed by atoms with Crippen LogP contribution >= 0.6 is 0 Å². The summed E-state index contributed by atoms with van der Waals surface area (Å²) in [4.78, 5) is 11.6. The first-order chi connectivity index (χ1) is 9.95. The van der Waals surface area contributed by atoms with E-state index in [4.69, 9.17) is 4.74 Å². The average Bonchev–Trinajstić information content (AvgIpc) is 2.46. The molecule has 21 heavy (non-hydrogen) atoms. The van der Waals surface area contributed by atoms with Crippen molar-refractivity contribution in [2.24, 2.45) is 5.41 Å². The topological polar surface area (TPSA) is 26.3 Å². The summed E-state index contributed by atoms with van der Waals surface area (Å²) in [5, 5.41) is 0. The number of ether oxygens (including phenoxy) is 1. The van der Waals surface area contributed by atoms with Crippen molar-refractivity contribution in [1.82, 2.24) is 0 Å². The minimum Gasteiger partial charge on any atom is -0.452 e. The fourth-order valence-corrected chi connectivity index (χ4v) is 1.78. The molecule has 0 aliphatic heterocycles. The van der Waals surface area contributed by atoms with Gasteiger partial charge in [-0.2, -0.15) is 0 Å². The summed E-state index contributed by atoms with van der Waals surface area (Å²) in [6, 6.07) is 10.2. The molecule has 1 aromatic carbocycles. The lowest BCUT2D eigenvalue weighted by atomic mass is 9.95. The van der Waals surface area contributed by atoms with Gasteiger partial charge in [-0.05, 0) is 39.2 Å². The van der Waals surface area contributed by atoms with Gasteiger partial charge in [0.1, 0.15) is 0 Å². The third-order valence-electron chi connectivity index (χ3n) is 3.03. The molecule has 0 saturated carbocycles. The molecule has 0 radical (unpaired) electrons. The molecule has 1 rings (SSSR count). The molecule has 0 amide bonds. The van der Waals surface area contributed by atoms with Crippen molar-refractivity contribution in [3.8, 4) is 11.8 Å². The highest BCUT2D eigenvalue weighted by molar-refractivity contribution is 5.75. The van der Waals surface area contributed by atoms with E-state index in [2.05, 4.69) is 30.6 Å². The molecule has 0 aromatic heterocycles. The van der Waals surface area contributed by atoms with Gasteiger partial charge in [0.25, 0.3) is 0 Å². The second kappa shape index (κ2) is 8.32. The first-order valence-electron chi connectivity index (χ1n) is 7.26. The van der Waals surface area contributed by atoms with E-state index >= 15 is 0 Å². The molecule has 0 fully saturated rings. The highest BCUT2D eigenvalue weighted by Crippen LogP contribution is 2.20. The fraction of sp³-hybridized carbons (Fsp3) is 0.421. The predicted molar refractivity (Wildman–Crippen MR) is 86.8 cm³/mol. The normalized spacial score (nSPS) is 12.0. The summed E-state index contributed by atoms with van der Waals surface area (Å²) in [6.07, 6.45) is 3.74. The van der Waals surface area contributed by atoms with Crippen LogP contribution in [0.1, 0.15) is 45.1 Å². The van der Waals surface area contributed by atoms with Gasteiger partial charge in [-0.3, -0.25) is 4.79 Å². The maximum Gasteiger partial charge on any atom is 0.312 e. The Morgan fingerprint density at radius 1 is 1.33 bits per heavy atom. The first kappa shape index (κ1) is 17.0. The largest absolute Gasteiger partial charge is 0.452 e. The van der Waals surface area contributed by atoms with Crippen molar-refractivity contribution in [1.29, 1.82) is 0 Å². The molecular formula is C19H24O2. The number of carbonyl (C=O) groups is 1. The molecule has 0 aliphatic rings. The average molecular weight is 284 g/mol. The Bertz CT molecular complexity index is 512. The van der Waals surface area contributed by atoms with Crippen molar-refractivity contribution in [3.05, 3.63) is 48.6 Å². The molecule has 0 aliphatic carbocycles. The highest BCUT2D eigenvalue weighted by atomic mass is 16.5. The lowest BCUT2D eigenvalue weighted by molar-refractivity contribution is -0.151. The van der Waals surface area contributed by atoms with Gasteiger partial charge in [0.15, 0.2) is 6.61 Å². The van der Waals surface area contributed by atoms with E-state index in [0.29, 0.717) is 0 Å². The van der Waals surface area contributed by atoms with E-state index in [1.807, 2.05) is 45.0 Å². The predicted octanol–water partition coefficient (Wildman–Crippen LogP) is 4.33. The molecule has 1 atom stereocenters. The van der Waals surface area contributed by atoms with Gasteiger partial charge in [0, 0.05) is 5.92 Å². The Morgan fingerprint density at radius 2 is 2.00 bits per heavy atom. The maximum absolute atomic E-state index is 11.6. The zero-order chi connectivity index (χ0) is 15.7. The zero-order valence-electron chi connectivity index (χ0n) is 13.2. The third-order valence-corrected chi connectivity index (χ3v) is 3.03. The van der Waals surface area contributed by atoms with Crippen LogP contribution in [0.5, 0.6) is 0 Å². The molecule has 0 heterocycles. The summed E-state index contributed by atoms with van der Waals surface area (Å²) < 4.78 is 5.16. The minimum absolute atomic E-state index is 0.146. The molecule has 1 unspecified atom stereocenters. The van der Waals surface area contributed by atoms with Crippen molar-refractivity contribution < 1.29 is 9.53 Å². The molecule has 0 N–H and O–H groups in total. The van der Waals surface area contributed by atoms with Crippen LogP contribution in [0.4, 0.5) is 0 Å². The number of allylic oxidation sites excluding steroid dienone is 1. The van der Waals surface area contributed by atoms with E-state index in [1.165, 1.54) is 5.56 Å². The molecule has 0 saturated heterocycles. The van der Waals surface area contributed by atoms with Gasteiger partial charge in [0.2, 0.25) is 0 Å². The summed E-state index contributed by atoms with van der Waals surface area (Å²) in [5.74, 6) is 6.10. The van der Waals surface area contributed by atoms with Gasteiger partial charge in [0.05, 0.1) is 5.41 Å². The van der Waals surface area contributed by atoms with Crippen molar-refractivity contribution in [2.75, 3.05) is 6.61 Å². The summed E-state index contributed by atoms with van der Waals surface area (Å²) in [5.41, 5.74) is 0.706. The highest BCUT2D eigenvalue weighted by Gasteiger charge is 2.22. The molecule has 0 bridgehead atoms. The van der Waals surface area contributed by atoms with Crippen LogP contribution in [-0.4, -0.2) is 12.6 Å². The van der Waals surface area contributed by atoms with Crippen molar-refractivity contribution >= 4 is 5.97 Å². The molecule has 2 nitrogen and oxygen atoms in total. The number of benzene rings is 1. The summed E-state index contributed by atoms with van der Waals surface area (Å²) in [7, 11) is 0.